The lowest BCUT2D eigenvalue weighted by Gasteiger charge is -2.37. The summed E-state index contributed by atoms with van der Waals surface area (Å²) in [6.45, 7) is 2.68. The van der Waals surface area contributed by atoms with Gasteiger partial charge in [0.1, 0.15) is 6.17 Å². The van der Waals surface area contributed by atoms with Crippen LogP contribution in [0.1, 0.15) is 13.3 Å². The van der Waals surface area contributed by atoms with Gasteiger partial charge in [-0.3, -0.25) is 4.79 Å². The van der Waals surface area contributed by atoms with Crippen LogP contribution in [-0.4, -0.2) is 37.1 Å². The Kier molecular flexibility index (Phi) is 2.37. The minimum atomic E-state index is -0.929. The highest BCUT2D eigenvalue weighted by Crippen LogP contribution is 2.29. The van der Waals surface area contributed by atoms with Crippen molar-refractivity contribution in [2.24, 2.45) is 11.1 Å². The highest BCUT2D eigenvalue weighted by molar-refractivity contribution is 5.80. The highest BCUT2D eigenvalue weighted by Gasteiger charge is 2.39. The molecule has 0 aliphatic carbocycles. The monoisotopic (exact) mass is 174 g/mol. The van der Waals surface area contributed by atoms with Gasteiger partial charge in [-0.1, -0.05) is 0 Å². The summed E-state index contributed by atoms with van der Waals surface area (Å²) >= 11 is 0. The second kappa shape index (κ2) is 3.01. The van der Waals surface area contributed by atoms with Crippen LogP contribution in [0, 0.1) is 5.41 Å². The molecule has 1 rings (SSSR count). The Morgan fingerprint density at radius 1 is 1.75 bits per heavy atom. The van der Waals surface area contributed by atoms with Gasteiger partial charge in [0.15, 0.2) is 0 Å². The van der Waals surface area contributed by atoms with Gasteiger partial charge in [-0.2, -0.15) is 0 Å². The van der Waals surface area contributed by atoms with Gasteiger partial charge in [-0.15, -0.1) is 0 Å². The molecule has 1 amide bonds. The Hall–Kier alpha value is -0.640. The van der Waals surface area contributed by atoms with Crippen LogP contribution >= 0.6 is 0 Å². The van der Waals surface area contributed by atoms with E-state index in [0.29, 0.717) is 13.1 Å². The molecule has 1 saturated heterocycles. The number of rotatable bonds is 1. The highest BCUT2D eigenvalue weighted by atomic mass is 19.1. The number of amides is 1. The molecule has 1 aliphatic heterocycles. The van der Waals surface area contributed by atoms with Crippen LogP contribution in [0.4, 0.5) is 4.39 Å². The predicted molar refractivity (Wildman–Crippen MR) is 44.3 cm³/mol. The maximum Gasteiger partial charge on any atom is 0.224 e. The molecular weight excluding hydrogens is 159 g/mol. The molecule has 1 aliphatic rings. The molecule has 0 radical (unpaired) electrons. The number of nitrogens with zero attached hydrogens (tertiary/aromatic N) is 1. The van der Waals surface area contributed by atoms with E-state index in [2.05, 4.69) is 0 Å². The molecule has 2 unspecified atom stereocenters. The van der Waals surface area contributed by atoms with E-state index in [-0.39, 0.29) is 6.42 Å². The molecule has 2 atom stereocenters. The maximum absolute atomic E-state index is 13.0. The van der Waals surface area contributed by atoms with E-state index in [0.717, 1.165) is 0 Å². The number of hydrogen-bond donors (Lipinski definition) is 1. The van der Waals surface area contributed by atoms with Gasteiger partial charge in [0.05, 0.1) is 5.41 Å². The van der Waals surface area contributed by atoms with Crippen LogP contribution in [0.2, 0.25) is 0 Å². The molecule has 70 valence electrons. The van der Waals surface area contributed by atoms with Gasteiger partial charge in [0.25, 0.3) is 0 Å². The normalized spacial score (nSPS) is 38.1. The van der Waals surface area contributed by atoms with Crippen molar-refractivity contribution in [3.8, 4) is 0 Å². The van der Waals surface area contributed by atoms with Crippen molar-refractivity contribution in [3.05, 3.63) is 0 Å². The number of alkyl halides is 1. The summed E-state index contributed by atoms with van der Waals surface area (Å²) < 4.78 is 13.0. The van der Waals surface area contributed by atoms with Crippen molar-refractivity contribution in [1.29, 1.82) is 0 Å². The zero-order valence-electron chi connectivity index (χ0n) is 7.51. The van der Waals surface area contributed by atoms with Gasteiger partial charge in [0, 0.05) is 13.1 Å². The van der Waals surface area contributed by atoms with Crippen LogP contribution in [-0.2, 0) is 4.79 Å². The summed E-state index contributed by atoms with van der Waals surface area (Å²) in [6.07, 6.45) is -0.673. The topological polar surface area (TPSA) is 46.3 Å². The van der Waals surface area contributed by atoms with Gasteiger partial charge in [0.2, 0.25) is 5.91 Å². The third-order valence-electron chi connectivity index (χ3n) is 2.40. The average Bonchev–Trinajstić information content (AvgIpc) is 1.82. The van der Waals surface area contributed by atoms with Gasteiger partial charge in [-0.25, -0.2) is 4.39 Å². The maximum atomic E-state index is 13.0. The van der Waals surface area contributed by atoms with Crippen molar-refractivity contribution in [2.75, 3.05) is 20.1 Å². The largest absolute Gasteiger partial charge is 0.369 e. The number of primary amides is 1. The predicted octanol–water partition coefficient (Wildman–Crippen LogP) is 0.152. The number of piperidine rings is 1. The molecule has 0 aromatic heterocycles. The standard InChI is InChI=1S/C8H15FN2O/c1-8(7(10)12)3-6(9)4-11(2)5-8/h6H,3-5H2,1-2H3,(H2,10,12). The Morgan fingerprint density at radius 3 is 2.75 bits per heavy atom. The zero-order valence-corrected chi connectivity index (χ0v) is 7.51. The number of nitrogens with two attached hydrogens (primary N) is 1. The third kappa shape index (κ3) is 1.75. The summed E-state index contributed by atoms with van der Waals surface area (Å²) in [5.41, 5.74) is 4.51. The fourth-order valence-electron chi connectivity index (χ4n) is 1.79. The number of carbonyl (C=O) groups is 1. The third-order valence-corrected chi connectivity index (χ3v) is 2.40. The average molecular weight is 174 g/mol. The Morgan fingerprint density at radius 2 is 2.33 bits per heavy atom. The van der Waals surface area contributed by atoms with Gasteiger partial charge >= 0.3 is 0 Å². The van der Waals surface area contributed by atoms with E-state index in [1.807, 2.05) is 0 Å². The first-order valence-corrected chi connectivity index (χ1v) is 4.06. The summed E-state index contributed by atoms with van der Waals surface area (Å²) in [7, 11) is 1.80. The van der Waals surface area contributed by atoms with E-state index in [1.54, 1.807) is 18.9 Å². The second-order valence-electron chi connectivity index (χ2n) is 3.92. The van der Waals surface area contributed by atoms with Crippen molar-refractivity contribution in [3.63, 3.8) is 0 Å². The molecule has 1 heterocycles. The molecule has 3 nitrogen and oxygen atoms in total. The molecule has 1 fully saturated rings. The lowest BCUT2D eigenvalue weighted by Crippen LogP contribution is -2.51. The van der Waals surface area contributed by atoms with Crippen LogP contribution in [0.25, 0.3) is 0 Å². The number of carbonyl (C=O) groups excluding carboxylic acids is 1. The first-order chi connectivity index (χ1) is 5.44. The molecule has 0 spiro atoms. The first-order valence-electron chi connectivity index (χ1n) is 4.06. The van der Waals surface area contributed by atoms with Crippen molar-refractivity contribution in [2.45, 2.75) is 19.5 Å². The molecule has 0 aromatic carbocycles. The fraction of sp³-hybridized carbons (Fsp3) is 0.875. The molecule has 0 saturated carbocycles. The summed E-state index contributed by atoms with van der Waals surface area (Å²) in [5.74, 6) is -0.406. The smallest absolute Gasteiger partial charge is 0.224 e. The Bertz CT molecular complexity index is 185. The number of hydrogen-bond acceptors (Lipinski definition) is 2. The molecule has 0 bridgehead atoms. The van der Waals surface area contributed by atoms with E-state index < -0.39 is 17.5 Å². The Balaban J connectivity index is 2.71. The van der Waals surface area contributed by atoms with Crippen LogP contribution in [0.3, 0.4) is 0 Å². The quantitative estimate of drug-likeness (QED) is 0.615. The van der Waals surface area contributed by atoms with E-state index in [9.17, 15) is 9.18 Å². The first kappa shape index (κ1) is 9.45. The van der Waals surface area contributed by atoms with Crippen molar-refractivity contribution in [1.82, 2.24) is 4.90 Å². The van der Waals surface area contributed by atoms with E-state index in [1.165, 1.54) is 0 Å². The van der Waals surface area contributed by atoms with Crippen LogP contribution < -0.4 is 5.73 Å². The number of halogens is 1. The van der Waals surface area contributed by atoms with Crippen molar-refractivity contribution >= 4 is 5.91 Å². The lowest BCUT2D eigenvalue weighted by atomic mass is 9.81. The van der Waals surface area contributed by atoms with Crippen molar-refractivity contribution < 1.29 is 9.18 Å². The van der Waals surface area contributed by atoms with Crippen LogP contribution in [0.15, 0.2) is 0 Å². The summed E-state index contributed by atoms with van der Waals surface area (Å²) in [6, 6.07) is 0. The lowest BCUT2D eigenvalue weighted by molar-refractivity contribution is -0.131. The second-order valence-corrected chi connectivity index (χ2v) is 3.92. The van der Waals surface area contributed by atoms with E-state index in [4.69, 9.17) is 5.73 Å². The summed E-state index contributed by atoms with van der Waals surface area (Å²) in [4.78, 5) is 12.8. The fourth-order valence-corrected chi connectivity index (χ4v) is 1.79. The Labute approximate surface area is 71.7 Å². The molecule has 0 aromatic rings. The molecule has 4 heteroatoms. The van der Waals surface area contributed by atoms with Gasteiger partial charge < -0.3 is 10.6 Å². The van der Waals surface area contributed by atoms with Gasteiger partial charge in [-0.05, 0) is 20.4 Å². The minimum Gasteiger partial charge on any atom is -0.369 e. The van der Waals surface area contributed by atoms with Crippen LogP contribution in [0.5, 0.6) is 0 Å². The molecule has 12 heavy (non-hydrogen) atoms. The SMILES string of the molecule is CN1CC(F)CC(C)(C(N)=O)C1. The zero-order chi connectivity index (χ0) is 9.35. The minimum absolute atomic E-state index is 0.257. The summed E-state index contributed by atoms with van der Waals surface area (Å²) in [5, 5.41) is 0. The molecule has 2 N–H and O–H groups in total. The molecular formula is C8H15FN2O. The number of likely N-dealkylation sites (tertiary alicyclic amines) is 1. The van der Waals surface area contributed by atoms with E-state index >= 15 is 0 Å².